The molecule has 0 spiro atoms. The predicted octanol–water partition coefficient (Wildman–Crippen LogP) is 2.47. The fraction of sp³-hybridized carbons (Fsp3) is 0.526. The first-order valence-corrected chi connectivity index (χ1v) is 10.2. The van der Waals surface area contributed by atoms with Crippen LogP contribution in [0.3, 0.4) is 0 Å². The molecule has 3 saturated heterocycles. The monoisotopic (exact) mass is 370 g/mol. The van der Waals surface area contributed by atoms with E-state index >= 15 is 0 Å². The molecule has 6 nitrogen and oxygen atoms in total. The first-order valence-electron chi connectivity index (χ1n) is 9.41. The van der Waals surface area contributed by atoms with Crippen LogP contribution in [0.15, 0.2) is 18.2 Å². The van der Waals surface area contributed by atoms with Gasteiger partial charge in [0.1, 0.15) is 5.69 Å². The molecule has 4 aliphatic rings. The van der Waals surface area contributed by atoms with Crippen molar-refractivity contribution < 1.29 is 9.59 Å². The normalized spacial score (nSPS) is 27.5. The maximum Gasteiger partial charge on any atom is 0.271 e. The van der Waals surface area contributed by atoms with E-state index in [4.69, 9.17) is 0 Å². The molecule has 136 valence electrons. The molecule has 4 heterocycles. The predicted molar refractivity (Wildman–Crippen MR) is 101 cm³/mol. The summed E-state index contributed by atoms with van der Waals surface area (Å²) in [5, 5.41) is 7.02. The minimum atomic E-state index is -0.0789. The molecule has 1 aliphatic carbocycles. The van der Waals surface area contributed by atoms with Gasteiger partial charge in [0.2, 0.25) is 5.91 Å². The van der Waals surface area contributed by atoms with E-state index in [1.807, 2.05) is 18.2 Å². The fourth-order valence-corrected chi connectivity index (χ4v) is 4.95. The molecular weight excluding hydrogens is 348 g/mol. The molecule has 2 N–H and O–H groups in total. The number of carbonyl (C=O) groups excluding carboxylic acids is 2. The second kappa shape index (κ2) is 6.32. The third kappa shape index (κ3) is 2.99. The lowest BCUT2D eigenvalue weighted by Gasteiger charge is -2.44. The van der Waals surface area contributed by atoms with Gasteiger partial charge in [-0.15, -0.1) is 0 Å². The van der Waals surface area contributed by atoms with Crippen LogP contribution in [-0.2, 0) is 4.79 Å². The lowest BCUT2D eigenvalue weighted by molar-refractivity contribution is -0.117. The van der Waals surface area contributed by atoms with Gasteiger partial charge in [0, 0.05) is 29.6 Å². The number of fused-ring (bicyclic) bond motifs is 4. The summed E-state index contributed by atoms with van der Waals surface area (Å²) in [6, 6.07) is 5.91. The maximum absolute atomic E-state index is 12.8. The lowest BCUT2D eigenvalue weighted by Crippen LogP contribution is -2.57. The molecule has 1 saturated carbocycles. The largest absolute Gasteiger partial charge is 0.346 e. The van der Waals surface area contributed by atoms with Crippen LogP contribution in [0.1, 0.15) is 36.2 Å². The quantitative estimate of drug-likeness (QED) is 0.867. The third-order valence-corrected chi connectivity index (χ3v) is 6.68. The van der Waals surface area contributed by atoms with Gasteiger partial charge in [-0.25, -0.2) is 0 Å². The SMILES string of the molecule is O=C(N[C@@H]1CN2CCC1CC2)c1nsc2cc(NC(=O)C3CC3)ccc12. The Morgan fingerprint density at radius 3 is 2.65 bits per heavy atom. The molecule has 2 amide bonds. The highest BCUT2D eigenvalue weighted by atomic mass is 32.1. The van der Waals surface area contributed by atoms with Gasteiger partial charge >= 0.3 is 0 Å². The number of hydrogen-bond donors (Lipinski definition) is 2. The Balaban J connectivity index is 1.32. The first kappa shape index (κ1) is 16.2. The van der Waals surface area contributed by atoms with Gasteiger partial charge in [0.05, 0.1) is 4.70 Å². The van der Waals surface area contributed by atoms with E-state index in [2.05, 4.69) is 19.9 Å². The Morgan fingerprint density at radius 1 is 1.15 bits per heavy atom. The summed E-state index contributed by atoms with van der Waals surface area (Å²) >= 11 is 1.31. The second-order valence-electron chi connectivity index (χ2n) is 7.72. The maximum atomic E-state index is 12.8. The molecule has 1 atom stereocenters. The van der Waals surface area contributed by atoms with Gasteiger partial charge in [-0.05, 0) is 74.4 Å². The van der Waals surface area contributed by atoms with Crippen LogP contribution in [0.5, 0.6) is 0 Å². The van der Waals surface area contributed by atoms with E-state index in [0.29, 0.717) is 11.6 Å². The molecule has 6 rings (SSSR count). The lowest BCUT2D eigenvalue weighted by atomic mass is 9.84. The molecule has 3 aliphatic heterocycles. The van der Waals surface area contributed by atoms with Crippen molar-refractivity contribution in [2.45, 2.75) is 31.7 Å². The Labute approximate surface area is 156 Å². The van der Waals surface area contributed by atoms with Gasteiger partial charge in [-0.1, -0.05) is 0 Å². The van der Waals surface area contributed by atoms with Crippen molar-refractivity contribution in [2.75, 3.05) is 25.0 Å². The van der Waals surface area contributed by atoms with E-state index in [9.17, 15) is 9.59 Å². The summed E-state index contributed by atoms with van der Waals surface area (Å²) in [7, 11) is 0. The Kier molecular flexibility index (Phi) is 3.94. The van der Waals surface area contributed by atoms with Crippen molar-refractivity contribution in [3.8, 4) is 0 Å². The van der Waals surface area contributed by atoms with Crippen molar-refractivity contribution in [2.24, 2.45) is 11.8 Å². The molecule has 1 aromatic carbocycles. The summed E-state index contributed by atoms with van der Waals surface area (Å²) < 4.78 is 5.32. The average molecular weight is 370 g/mol. The zero-order valence-electron chi connectivity index (χ0n) is 14.5. The number of benzene rings is 1. The highest BCUT2D eigenvalue weighted by Gasteiger charge is 2.35. The van der Waals surface area contributed by atoms with Gasteiger partial charge in [-0.3, -0.25) is 9.59 Å². The summed E-state index contributed by atoms with van der Waals surface area (Å²) in [4.78, 5) is 27.1. The topological polar surface area (TPSA) is 74.3 Å². The van der Waals surface area contributed by atoms with Crippen LogP contribution in [0.4, 0.5) is 5.69 Å². The van der Waals surface area contributed by atoms with Crippen LogP contribution < -0.4 is 10.6 Å². The minimum Gasteiger partial charge on any atom is -0.346 e. The van der Waals surface area contributed by atoms with E-state index in [0.717, 1.165) is 48.2 Å². The van der Waals surface area contributed by atoms with E-state index in [1.54, 1.807) is 0 Å². The second-order valence-corrected chi connectivity index (χ2v) is 8.53. The van der Waals surface area contributed by atoms with Crippen molar-refractivity contribution in [1.82, 2.24) is 14.6 Å². The van der Waals surface area contributed by atoms with Crippen LogP contribution >= 0.6 is 11.5 Å². The summed E-state index contributed by atoms with van der Waals surface area (Å²) in [6.45, 7) is 3.27. The van der Waals surface area contributed by atoms with Gasteiger partial charge in [-0.2, -0.15) is 4.37 Å². The van der Waals surface area contributed by atoms with Crippen molar-refractivity contribution in [3.63, 3.8) is 0 Å². The number of piperidine rings is 3. The van der Waals surface area contributed by atoms with Crippen LogP contribution in [0.25, 0.3) is 10.1 Å². The van der Waals surface area contributed by atoms with E-state index in [1.165, 1.54) is 24.4 Å². The molecule has 0 unspecified atom stereocenters. The third-order valence-electron chi connectivity index (χ3n) is 5.88. The van der Waals surface area contributed by atoms with Crippen molar-refractivity contribution >= 4 is 39.1 Å². The molecule has 2 bridgehead atoms. The first-order chi connectivity index (χ1) is 12.7. The van der Waals surface area contributed by atoms with Crippen molar-refractivity contribution in [3.05, 3.63) is 23.9 Å². The number of nitrogens with zero attached hydrogens (tertiary/aromatic N) is 2. The highest BCUT2D eigenvalue weighted by molar-refractivity contribution is 7.13. The molecule has 7 heteroatoms. The van der Waals surface area contributed by atoms with Gasteiger partial charge in [0.25, 0.3) is 5.91 Å². The van der Waals surface area contributed by atoms with Gasteiger partial charge < -0.3 is 15.5 Å². The number of carbonyl (C=O) groups is 2. The molecule has 26 heavy (non-hydrogen) atoms. The van der Waals surface area contributed by atoms with Crippen LogP contribution in [-0.4, -0.2) is 46.8 Å². The summed E-state index contributed by atoms with van der Waals surface area (Å²) in [5.41, 5.74) is 1.28. The van der Waals surface area contributed by atoms with Gasteiger partial charge in [0.15, 0.2) is 0 Å². The number of nitrogens with one attached hydrogen (secondary N) is 2. The number of aromatic nitrogens is 1. The fourth-order valence-electron chi connectivity index (χ4n) is 4.13. The highest BCUT2D eigenvalue weighted by Crippen LogP contribution is 2.32. The average Bonchev–Trinajstić information content (AvgIpc) is 3.42. The molecule has 1 aromatic heterocycles. The van der Waals surface area contributed by atoms with Crippen LogP contribution in [0, 0.1) is 11.8 Å². The zero-order chi connectivity index (χ0) is 17.7. The number of anilines is 1. The Hall–Kier alpha value is -1.99. The Bertz CT molecular complexity index is 868. The number of amides is 2. The summed E-state index contributed by atoms with van der Waals surface area (Å²) in [6.07, 6.45) is 4.32. The van der Waals surface area contributed by atoms with E-state index in [-0.39, 0.29) is 23.8 Å². The molecular formula is C19H22N4O2S. The smallest absolute Gasteiger partial charge is 0.271 e. The minimum absolute atomic E-state index is 0.0789. The molecule has 0 radical (unpaired) electrons. The summed E-state index contributed by atoms with van der Waals surface area (Å²) in [5.74, 6) is 0.784. The zero-order valence-corrected chi connectivity index (χ0v) is 15.3. The van der Waals surface area contributed by atoms with Crippen molar-refractivity contribution in [1.29, 1.82) is 0 Å². The van der Waals surface area contributed by atoms with E-state index < -0.39 is 0 Å². The van der Waals surface area contributed by atoms with Crippen LogP contribution in [0.2, 0.25) is 0 Å². The number of rotatable bonds is 4. The number of hydrogen-bond acceptors (Lipinski definition) is 5. The Morgan fingerprint density at radius 2 is 1.96 bits per heavy atom. The standard InChI is InChI=1S/C19H22N4O2S/c24-18(12-1-2-12)20-13-3-4-14-16(9-13)26-22-17(14)19(25)21-15-10-23-7-5-11(15)6-8-23/h3-4,9,11-12,15H,1-2,5-8,10H2,(H,20,24)(H,21,25)/t15-/m1/s1. The molecule has 2 aromatic rings. The molecule has 4 fully saturated rings.